The van der Waals surface area contributed by atoms with Crippen LogP contribution in [0.3, 0.4) is 0 Å². The van der Waals surface area contributed by atoms with E-state index in [-0.39, 0.29) is 16.7 Å². The Morgan fingerprint density at radius 3 is 2.55 bits per heavy atom. The van der Waals surface area contributed by atoms with Crippen molar-refractivity contribution in [2.45, 2.75) is 25.2 Å². The molecule has 8 heteroatoms. The molecule has 1 atom stereocenters. The summed E-state index contributed by atoms with van der Waals surface area (Å²) in [6.45, 7) is 3.77. The van der Waals surface area contributed by atoms with Gasteiger partial charge in [0.1, 0.15) is 0 Å². The molecule has 0 unspecified atom stereocenters. The Labute approximate surface area is 133 Å². The van der Waals surface area contributed by atoms with Gasteiger partial charge in [-0.25, -0.2) is 13.4 Å². The molecular formula is C14H17N3O3S2. The van der Waals surface area contributed by atoms with Crippen LogP contribution in [-0.4, -0.2) is 19.3 Å². The first-order chi connectivity index (χ1) is 10.4. The minimum Gasteiger partial charge on any atom is -0.326 e. The highest BCUT2D eigenvalue weighted by Gasteiger charge is 2.16. The number of nitrogens with one attached hydrogen (secondary N) is 2. The molecular weight excluding hydrogens is 322 g/mol. The second kappa shape index (κ2) is 6.89. The largest absolute Gasteiger partial charge is 0.326 e. The average molecular weight is 339 g/mol. The van der Waals surface area contributed by atoms with Crippen LogP contribution in [-0.2, 0) is 14.8 Å². The fourth-order valence-corrected chi connectivity index (χ4v) is 3.40. The maximum atomic E-state index is 12.2. The molecule has 2 N–H and O–H groups in total. The summed E-state index contributed by atoms with van der Waals surface area (Å²) < 4.78 is 26.7. The summed E-state index contributed by atoms with van der Waals surface area (Å²) in [6.07, 6.45) is 2.27. The van der Waals surface area contributed by atoms with Crippen molar-refractivity contribution in [3.05, 3.63) is 35.8 Å². The van der Waals surface area contributed by atoms with Crippen molar-refractivity contribution < 1.29 is 13.2 Å². The number of benzene rings is 1. The van der Waals surface area contributed by atoms with E-state index in [1.165, 1.54) is 29.7 Å². The molecule has 6 nitrogen and oxygen atoms in total. The second-order valence-electron chi connectivity index (χ2n) is 4.77. The highest BCUT2D eigenvalue weighted by molar-refractivity contribution is 7.93. The third kappa shape index (κ3) is 4.05. The summed E-state index contributed by atoms with van der Waals surface area (Å²) in [4.78, 5) is 15.8. The Bertz CT molecular complexity index is 725. The summed E-state index contributed by atoms with van der Waals surface area (Å²) in [6, 6.07) is 6.03. The molecule has 1 aromatic carbocycles. The van der Waals surface area contributed by atoms with Gasteiger partial charge in [-0.05, 0) is 30.7 Å². The van der Waals surface area contributed by atoms with E-state index in [0.29, 0.717) is 10.8 Å². The highest BCUT2D eigenvalue weighted by atomic mass is 32.2. The molecule has 0 bridgehead atoms. The summed E-state index contributed by atoms with van der Waals surface area (Å²) in [5.41, 5.74) is 0.568. The van der Waals surface area contributed by atoms with Crippen LogP contribution in [0.15, 0.2) is 40.7 Å². The van der Waals surface area contributed by atoms with E-state index in [1.54, 1.807) is 17.5 Å². The van der Waals surface area contributed by atoms with Gasteiger partial charge in [-0.2, -0.15) is 0 Å². The summed E-state index contributed by atoms with van der Waals surface area (Å²) in [7, 11) is -3.66. The van der Waals surface area contributed by atoms with Gasteiger partial charge in [-0.3, -0.25) is 9.52 Å². The fourth-order valence-electron chi connectivity index (χ4n) is 1.62. The van der Waals surface area contributed by atoms with Crippen LogP contribution in [0.4, 0.5) is 10.8 Å². The molecule has 0 aliphatic carbocycles. The van der Waals surface area contributed by atoms with Gasteiger partial charge in [0.15, 0.2) is 5.13 Å². The predicted octanol–water partition coefficient (Wildman–Crippen LogP) is 2.93. The minimum absolute atomic E-state index is 0.0842. The first-order valence-corrected chi connectivity index (χ1v) is 9.12. The zero-order chi connectivity index (χ0) is 16.2. The van der Waals surface area contributed by atoms with Crippen molar-refractivity contribution in [1.29, 1.82) is 0 Å². The van der Waals surface area contributed by atoms with Crippen molar-refractivity contribution in [2.24, 2.45) is 5.92 Å². The van der Waals surface area contributed by atoms with E-state index in [0.717, 1.165) is 6.42 Å². The van der Waals surface area contributed by atoms with Crippen molar-refractivity contribution in [3.8, 4) is 0 Å². The number of anilines is 2. The zero-order valence-corrected chi connectivity index (χ0v) is 13.9. The van der Waals surface area contributed by atoms with Crippen molar-refractivity contribution >= 4 is 38.1 Å². The molecule has 0 fully saturated rings. The molecule has 0 radical (unpaired) electrons. The number of rotatable bonds is 6. The minimum atomic E-state index is -3.66. The van der Waals surface area contributed by atoms with Gasteiger partial charge in [0.2, 0.25) is 5.91 Å². The summed E-state index contributed by atoms with van der Waals surface area (Å²) in [5, 5.41) is 4.75. The molecule has 0 aliphatic heterocycles. The van der Waals surface area contributed by atoms with Gasteiger partial charge in [0, 0.05) is 23.2 Å². The van der Waals surface area contributed by atoms with Gasteiger partial charge in [0.25, 0.3) is 10.0 Å². The van der Waals surface area contributed by atoms with E-state index in [1.807, 2.05) is 13.8 Å². The SMILES string of the molecule is CC[C@@H](C)C(=O)Nc1ccc(S(=O)(=O)Nc2nccs2)cc1. The maximum Gasteiger partial charge on any atom is 0.263 e. The number of hydrogen-bond donors (Lipinski definition) is 2. The Balaban J connectivity index is 2.10. The number of hydrogen-bond acceptors (Lipinski definition) is 5. The molecule has 0 saturated carbocycles. The molecule has 2 aromatic rings. The Morgan fingerprint density at radius 2 is 2.00 bits per heavy atom. The number of thiazole rings is 1. The van der Waals surface area contributed by atoms with Crippen LogP contribution in [0.25, 0.3) is 0 Å². The molecule has 118 valence electrons. The lowest BCUT2D eigenvalue weighted by Crippen LogP contribution is -2.19. The van der Waals surface area contributed by atoms with Gasteiger partial charge in [-0.15, -0.1) is 11.3 Å². The van der Waals surface area contributed by atoms with Gasteiger partial charge >= 0.3 is 0 Å². The molecule has 0 saturated heterocycles. The summed E-state index contributed by atoms with van der Waals surface area (Å²) >= 11 is 1.20. The molecule has 0 spiro atoms. The number of sulfonamides is 1. The lowest BCUT2D eigenvalue weighted by atomic mass is 10.1. The summed E-state index contributed by atoms with van der Waals surface area (Å²) in [5.74, 6) is -0.172. The van der Waals surface area contributed by atoms with E-state index in [2.05, 4.69) is 15.0 Å². The maximum absolute atomic E-state index is 12.2. The second-order valence-corrected chi connectivity index (χ2v) is 7.34. The standard InChI is InChI=1S/C14H17N3O3S2/c1-3-10(2)13(18)16-11-4-6-12(7-5-11)22(19,20)17-14-15-8-9-21-14/h4-10H,3H2,1-2H3,(H,15,17)(H,16,18)/t10-/m1/s1. The van der Waals surface area contributed by atoms with Crippen LogP contribution >= 0.6 is 11.3 Å². The average Bonchev–Trinajstić information content (AvgIpc) is 2.99. The number of amides is 1. The molecule has 1 heterocycles. The fraction of sp³-hybridized carbons (Fsp3) is 0.286. The lowest BCUT2D eigenvalue weighted by molar-refractivity contribution is -0.119. The normalized spacial score (nSPS) is 12.6. The lowest BCUT2D eigenvalue weighted by Gasteiger charge is -2.10. The third-order valence-corrected chi connectivity index (χ3v) is 5.32. The van der Waals surface area contributed by atoms with Crippen molar-refractivity contribution in [1.82, 2.24) is 4.98 Å². The molecule has 22 heavy (non-hydrogen) atoms. The van der Waals surface area contributed by atoms with Gasteiger partial charge < -0.3 is 5.32 Å². The molecule has 1 aromatic heterocycles. The monoisotopic (exact) mass is 339 g/mol. The zero-order valence-electron chi connectivity index (χ0n) is 12.2. The molecule has 0 aliphatic rings. The van der Waals surface area contributed by atoms with Crippen LogP contribution in [0.2, 0.25) is 0 Å². The number of carbonyl (C=O) groups excluding carboxylic acids is 1. The van der Waals surface area contributed by atoms with Gasteiger partial charge in [0.05, 0.1) is 4.90 Å². The van der Waals surface area contributed by atoms with E-state index in [9.17, 15) is 13.2 Å². The van der Waals surface area contributed by atoms with Crippen molar-refractivity contribution in [2.75, 3.05) is 10.0 Å². The van der Waals surface area contributed by atoms with Crippen LogP contribution in [0.5, 0.6) is 0 Å². The number of nitrogens with zero attached hydrogens (tertiary/aromatic N) is 1. The Morgan fingerprint density at radius 1 is 1.32 bits per heavy atom. The number of carbonyl (C=O) groups is 1. The van der Waals surface area contributed by atoms with Gasteiger partial charge in [-0.1, -0.05) is 13.8 Å². The molecule has 2 rings (SSSR count). The van der Waals surface area contributed by atoms with E-state index < -0.39 is 10.0 Å². The Kier molecular flexibility index (Phi) is 5.15. The van der Waals surface area contributed by atoms with E-state index in [4.69, 9.17) is 0 Å². The molecule has 1 amide bonds. The first kappa shape index (κ1) is 16.4. The van der Waals surface area contributed by atoms with E-state index >= 15 is 0 Å². The highest BCUT2D eigenvalue weighted by Crippen LogP contribution is 2.20. The smallest absolute Gasteiger partial charge is 0.263 e. The Hall–Kier alpha value is -1.93. The topological polar surface area (TPSA) is 88.2 Å². The van der Waals surface area contributed by atoms with Crippen molar-refractivity contribution in [3.63, 3.8) is 0 Å². The van der Waals surface area contributed by atoms with Crippen LogP contribution in [0.1, 0.15) is 20.3 Å². The quantitative estimate of drug-likeness (QED) is 0.847. The van der Waals surface area contributed by atoms with Crippen LogP contribution < -0.4 is 10.0 Å². The van der Waals surface area contributed by atoms with Crippen LogP contribution in [0, 0.1) is 5.92 Å². The predicted molar refractivity (Wildman–Crippen MR) is 87.4 cm³/mol. The third-order valence-electron chi connectivity index (χ3n) is 3.15. The first-order valence-electron chi connectivity index (χ1n) is 6.75. The number of aromatic nitrogens is 1.